The van der Waals surface area contributed by atoms with Crippen molar-refractivity contribution >= 4 is 15.5 Å². The molecule has 0 heterocycles. The average Bonchev–Trinajstić information content (AvgIpc) is 2.44. The molecule has 0 amide bonds. The van der Waals surface area contributed by atoms with Gasteiger partial charge in [-0.1, -0.05) is 30.3 Å². The Labute approximate surface area is 126 Å². The van der Waals surface area contributed by atoms with Gasteiger partial charge in [-0.15, -0.1) is 0 Å². The van der Waals surface area contributed by atoms with Gasteiger partial charge < -0.3 is 5.73 Å². The Morgan fingerprint density at radius 3 is 2.38 bits per heavy atom. The van der Waals surface area contributed by atoms with Gasteiger partial charge in [-0.3, -0.25) is 0 Å². The maximum atomic E-state index is 12.3. The number of rotatable bonds is 6. The van der Waals surface area contributed by atoms with Gasteiger partial charge in [0.05, 0.1) is 10.6 Å². The van der Waals surface area contributed by atoms with Gasteiger partial charge in [-0.05, 0) is 55.5 Å². The van der Waals surface area contributed by atoms with Crippen LogP contribution in [0, 0.1) is 6.92 Å². The minimum Gasteiger partial charge on any atom is -0.399 e. The molecule has 0 bridgehead atoms. The summed E-state index contributed by atoms with van der Waals surface area (Å²) in [7, 11) is -3.22. The number of benzene rings is 2. The third-order valence-electron chi connectivity index (χ3n) is 3.51. The van der Waals surface area contributed by atoms with Crippen LogP contribution in [-0.2, 0) is 16.3 Å². The van der Waals surface area contributed by atoms with E-state index in [0.717, 1.165) is 18.4 Å². The van der Waals surface area contributed by atoms with Gasteiger partial charge in [0.15, 0.2) is 9.84 Å². The molecule has 21 heavy (non-hydrogen) atoms. The van der Waals surface area contributed by atoms with E-state index in [0.29, 0.717) is 17.0 Å². The highest BCUT2D eigenvalue weighted by molar-refractivity contribution is 7.91. The fourth-order valence-electron chi connectivity index (χ4n) is 2.40. The van der Waals surface area contributed by atoms with Crippen LogP contribution >= 0.6 is 0 Å². The molecule has 0 aromatic heterocycles. The second-order valence-corrected chi connectivity index (χ2v) is 7.36. The zero-order valence-electron chi connectivity index (χ0n) is 12.2. The van der Waals surface area contributed by atoms with E-state index >= 15 is 0 Å². The summed E-state index contributed by atoms with van der Waals surface area (Å²) in [5.74, 6) is 0.185. The topological polar surface area (TPSA) is 60.2 Å². The molecule has 0 atom stereocenters. The molecule has 0 aliphatic carbocycles. The summed E-state index contributed by atoms with van der Waals surface area (Å²) in [6.07, 6.45) is 2.45. The molecule has 112 valence electrons. The maximum Gasteiger partial charge on any atom is 0.178 e. The van der Waals surface area contributed by atoms with E-state index in [1.165, 1.54) is 5.56 Å². The monoisotopic (exact) mass is 303 g/mol. The molecule has 0 saturated carbocycles. The minimum absolute atomic E-state index is 0.185. The number of anilines is 1. The Morgan fingerprint density at radius 1 is 1.00 bits per heavy atom. The number of unbranched alkanes of at least 4 members (excludes halogenated alkanes) is 1. The molecule has 0 unspecified atom stereocenters. The quantitative estimate of drug-likeness (QED) is 0.657. The molecule has 0 aliphatic heterocycles. The molecule has 2 rings (SSSR count). The Kier molecular flexibility index (Phi) is 5.02. The van der Waals surface area contributed by atoms with Crippen molar-refractivity contribution in [3.05, 3.63) is 59.7 Å². The number of hydrogen-bond donors (Lipinski definition) is 1. The zero-order chi connectivity index (χ0) is 15.3. The smallest absolute Gasteiger partial charge is 0.178 e. The van der Waals surface area contributed by atoms with Gasteiger partial charge >= 0.3 is 0 Å². The van der Waals surface area contributed by atoms with E-state index in [1.54, 1.807) is 25.1 Å². The largest absolute Gasteiger partial charge is 0.399 e. The summed E-state index contributed by atoms with van der Waals surface area (Å²) in [5, 5.41) is 0. The lowest BCUT2D eigenvalue weighted by Crippen LogP contribution is -2.09. The Balaban J connectivity index is 1.92. The van der Waals surface area contributed by atoms with Crippen LogP contribution in [0.25, 0.3) is 0 Å². The minimum atomic E-state index is -3.22. The lowest BCUT2D eigenvalue weighted by Gasteiger charge is -2.08. The van der Waals surface area contributed by atoms with Crippen molar-refractivity contribution < 1.29 is 8.42 Å². The molecule has 0 aliphatic rings. The van der Waals surface area contributed by atoms with Gasteiger partial charge in [0, 0.05) is 5.69 Å². The van der Waals surface area contributed by atoms with Crippen molar-refractivity contribution in [1.29, 1.82) is 0 Å². The standard InChI is InChI=1S/C17H21NO2S/c1-14-13-16(18)10-11-17(14)21(19,20)12-6-5-9-15-7-3-2-4-8-15/h2-4,7-8,10-11,13H,5-6,9,12,18H2,1H3. The number of sulfone groups is 1. The number of hydrogen-bond acceptors (Lipinski definition) is 3. The van der Waals surface area contributed by atoms with Gasteiger partial charge in [0.1, 0.15) is 0 Å². The van der Waals surface area contributed by atoms with Crippen LogP contribution in [-0.4, -0.2) is 14.2 Å². The second-order valence-electron chi connectivity index (χ2n) is 5.29. The van der Waals surface area contributed by atoms with E-state index in [4.69, 9.17) is 5.73 Å². The second kappa shape index (κ2) is 6.76. The summed E-state index contributed by atoms with van der Waals surface area (Å²) in [6.45, 7) is 1.78. The SMILES string of the molecule is Cc1cc(N)ccc1S(=O)(=O)CCCCc1ccccc1. The molecular weight excluding hydrogens is 282 g/mol. The molecule has 2 aromatic carbocycles. The van der Waals surface area contributed by atoms with Crippen LogP contribution in [0.15, 0.2) is 53.4 Å². The normalized spacial score (nSPS) is 11.5. The molecule has 0 spiro atoms. The van der Waals surface area contributed by atoms with E-state index < -0.39 is 9.84 Å². The van der Waals surface area contributed by atoms with Crippen molar-refractivity contribution in [2.24, 2.45) is 0 Å². The fourth-order valence-corrected chi connectivity index (χ4v) is 4.03. The molecule has 3 nitrogen and oxygen atoms in total. The predicted molar refractivity (Wildman–Crippen MR) is 87.0 cm³/mol. The van der Waals surface area contributed by atoms with Gasteiger partial charge in [0.25, 0.3) is 0 Å². The summed E-state index contributed by atoms with van der Waals surface area (Å²) in [5.41, 5.74) is 8.22. The van der Waals surface area contributed by atoms with Crippen LogP contribution in [0.5, 0.6) is 0 Å². The van der Waals surface area contributed by atoms with Crippen molar-refractivity contribution in [2.45, 2.75) is 31.1 Å². The number of nitrogens with two attached hydrogens (primary N) is 1. The van der Waals surface area contributed by atoms with Crippen LogP contribution in [0.2, 0.25) is 0 Å². The van der Waals surface area contributed by atoms with Crippen molar-refractivity contribution in [1.82, 2.24) is 0 Å². The summed E-state index contributed by atoms with van der Waals surface area (Å²) in [6, 6.07) is 15.1. The van der Waals surface area contributed by atoms with Crippen LogP contribution in [0.1, 0.15) is 24.0 Å². The molecule has 0 saturated heterocycles. The van der Waals surface area contributed by atoms with Gasteiger partial charge in [-0.25, -0.2) is 8.42 Å². The molecular formula is C17H21NO2S. The summed E-state index contributed by atoms with van der Waals surface area (Å²) in [4.78, 5) is 0.399. The van der Waals surface area contributed by atoms with Crippen LogP contribution in [0.4, 0.5) is 5.69 Å². The molecule has 0 fully saturated rings. The lowest BCUT2D eigenvalue weighted by molar-refractivity contribution is 0.591. The van der Waals surface area contributed by atoms with E-state index in [9.17, 15) is 8.42 Å². The average molecular weight is 303 g/mol. The highest BCUT2D eigenvalue weighted by Gasteiger charge is 2.16. The summed E-state index contributed by atoms with van der Waals surface area (Å²) < 4.78 is 24.7. The number of aryl methyl sites for hydroxylation is 2. The first-order valence-electron chi connectivity index (χ1n) is 7.12. The van der Waals surface area contributed by atoms with Crippen molar-refractivity contribution in [3.63, 3.8) is 0 Å². The third-order valence-corrected chi connectivity index (χ3v) is 5.46. The van der Waals surface area contributed by atoms with E-state index in [1.807, 2.05) is 18.2 Å². The molecule has 2 aromatic rings. The molecule has 0 radical (unpaired) electrons. The Morgan fingerprint density at radius 2 is 1.71 bits per heavy atom. The highest BCUT2D eigenvalue weighted by Crippen LogP contribution is 2.20. The van der Waals surface area contributed by atoms with Gasteiger partial charge in [0.2, 0.25) is 0 Å². The molecule has 2 N–H and O–H groups in total. The first kappa shape index (κ1) is 15.6. The first-order chi connectivity index (χ1) is 9.99. The first-order valence-corrected chi connectivity index (χ1v) is 8.77. The Bertz CT molecular complexity index is 694. The van der Waals surface area contributed by atoms with E-state index in [-0.39, 0.29) is 5.75 Å². The third kappa shape index (κ3) is 4.33. The number of nitrogen functional groups attached to an aromatic ring is 1. The Hall–Kier alpha value is -1.81. The van der Waals surface area contributed by atoms with Crippen molar-refractivity contribution in [3.8, 4) is 0 Å². The predicted octanol–water partition coefficient (Wildman–Crippen LogP) is 3.37. The lowest BCUT2D eigenvalue weighted by atomic mass is 10.1. The fraction of sp³-hybridized carbons (Fsp3) is 0.294. The molecule has 4 heteroatoms. The van der Waals surface area contributed by atoms with Crippen LogP contribution < -0.4 is 5.73 Å². The van der Waals surface area contributed by atoms with Crippen LogP contribution in [0.3, 0.4) is 0 Å². The summed E-state index contributed by atoms with van der Waals surface area (Å²) >= 11 is 0. The zero-order valence-corrected chi connectivity index (χ0v) is 13.1. The van der Waals surface area contributed by atoms with E-state index in [2.05, 4.69) is 12.1 Å². The maximum absolute atomic E-state index is 12.3. The van der Waals surface area contributed by atoms with Crippen molar-refractivity contribution in [2.75, 3.05) is 11.5 Å². The van der Waals surface area contributed by atoms with Gasteiger partial charge in [-0.2, -0.15) is 0 Å². The highest BCUT2D eigenvalue weighted by atomic mass is 32.2.